The van der Waals surface area contributed by atoms with Crippen LogP contribution in [-0.2, 0) is 0 Å². The van der Waals surface area contributed by atoms with Crippen molar-refractivity contribution in [3.05, 3.63) is 69.2 Å². The van der Waals surface area contributed by atoms with E-state index in [1.807, 2.05) is 6.92 Å². The summed E-state index contributed by atoms with van der Waals surface area (Å²) in [6.45, 7) is 1.88. The molecule has 4 heteroatoms. The van der Waals surface area contributed by atoms with Crippen LogP contribution < -0.4 is 5.32 Å². The fraction of sp³-hybridized carbons (Fsp3) is 0.200. The number of nitrogens with one attached hydrogen (secondary N) is 1. The van der Waals surface area contributed by atoms with E-state index in [1.165, 1.54) is 18.2 Å². The average Bonchev–Trinajstić information content (AvgIpc) is 2.37. The number of rotatable bonds is 3. The summed E-state index contributed by atoms with van der Waals surface area (Å²) in [7, 11) is 1.73. The quantitative estimate of drug-likeness (QED) is 0.884. The molecule has 0 aliphatic heterocycles. The van der Waals surface area contributed by atoms with Gasteiger partial charge in [0.05, 0.1) is 6.04 Å². The molecule has 2 aromatic carbocycles. The van der Waals surface area contributed by atoms with Crippen LogP contribution in [0.25, 0.3) is 0 Å². The molecule has 1 nitrogen and oxygen atoms in total. The van der Waals surface area contributed by atoms with Gasteiger partial charge in [-0.2, -0.15) is 0 Å². The lowest BCUT2D eigenvalue weighted by Crippen LogP contribution is -2.20. The molecule has 2 rings (SSSR count). The van der Waals surface area contributed by atoms with E-state index in [0.717, 1.165) is 11.1 Å². The van der Waals surface area contributed by atoms with Crippen molar-refractivity contribution in [1.82, 2.24) is 5.32 Å². The molecule has 2 aromatic rings. The van der Waals surface area contributed by atoms with Crippen molar-refractivity contribution in [3.63, 3.8) is 0 Å². The standard InChI is InChI=1S/C15H14BrF2N/c1-9-6-7-10(17)8-11(9)15(19-2)14-12(16)4-3-5-13(14)18/h3-8,15,19H,1-2H3. The van der Waals surface area contributed by atoms with E-state index in [0.29, 0.717) is 10.0 Å². The van der Waals surface area contributed by atoms with Gasteiger partial charge in [-0.1, -0.05) is 28.1 Å². The number of halogens is 3. The summed E-state index contributed by atoms with van der Waals surface area (Å²) in [6, 6.07) is 8.96. The topological polar surface area (TPSA) is 12.0 Å². The maximum Gasteiger partial charge on any atom is 0.129 e. The predicted octanol–water partition coefficient (Wildman–Crippen LogP) is 4.34. The van der Waals surface area contributed by atoms with E-state index < -0.39 is 6.04 Å². The Labute approximate surface area is 119 Å². The van der Waals surface area contributed by atoms with Gasteiger partial charge in [0, 0.05) is 10.0 Å². The summed E-state index contributed by atoms with van der Waals surface area (Å²) in [5, 5.41) is 3.05. The van der Waals surface area contributed by atoms with Crippen LogP contribution in [0, 0.1) is 18.6 Å². The van der Waals surface area contributed by atoms with Crippen LogP contribution in [0.3, 0.4) is 0 Å². The van der Waals surface area contributed by atoms with Gasteiger partial charge < -0.3 is 5.32 Å². The van der Waals surface area contributed by atoms with E-state index >= 15 is 0 Å². The first-order chi connectivity index (χ1) is 9.04. The molecule has 0 heterocycles. The average molecular weight is 326 g/mol. The van der Waals surface area contributed by atoms with Crippen LogP contribution in [0.5, 0.6) is 0 Å². The maximum absolute atomic E-state index is 14.0. The fourth-order valence-electron chi connectivity index (χ4n) is 2.16. The molecule has 0 saturated heterocycles. The van der Waals surface area contributed by atoms with Gasteiger partial charge in [-0.15, -0.1) is 0 Å². The van der Waals surface area contributed by atoms with Crippen LogP contribution >= 0.6 is 15.9 Å². The third-order valence-electron chi connectivity index (χ3n) is 3.13. The SMILES string of the molecule is CNC(c1cc(F)ccc1C)c1c(F)cccc1Br. The lowest BCUT2D eigenvalue weighted by Gasteiger charge is -2.21. The Morgan fingerprint density at radius 2 is 1.89 bits per heavy atom. The number of hydrogen-bond acceptors (Lipinski definition) is 1. The highest BCUT2D eigenvalue weighted by atomic mass is 79.9. The molecule has 0 radical (unpaired) electrons. The summed E-state index contributed by atoms with van der Waals surface area (Å²) in [5.41, 5.74) is 2.13. The Balaban J connectivity index is 2.59. The molecule has 0 bridgehead atoms. The second-order valence-corrected chi connectivity index (χ2v) is 5.21. The van der Waals surface area contributed by atoms with E-state index in [9.17, 15) is 8.78 Å². The molecule has 0 fully saturated rings. The van der Waals surface area contributed by atoms with Crippen molar-refractivity contribution in [2.75, 3.05) is 7.05 Å². The van der Waals surface area contributed by atoms with Crippen LogP contribution in [0.4, 0.5) is 8.78 Å². The zero-order chi connectivity index (χ0) is 14.0. The van der Waals surface area contributed by atoms with Crippen molar-refractivity contribution in [2.45, 2.75) is 13.0 Å². The smallest absolute Gasteiger partial charge is 0.129 e. The highest BCUT2D eigenvalue weighted by molar-refractivity contribution is 9.10. The summed E-state index contributed by atoms with van der Waals surface area (Å²) in [6.07, 6.45) is 0. The van der Waals surface area contributed by atoms with E-state index in [1.54, 1.807) is 25.2 Å². The Hall–Kier alpha value is -1.26. The molecule has 1 unspecified atom stereocenters. The van der Waals surface area contributed by atoms with E-state index in [-0.39, 0.29) is 11.6 Å². The minimum Gasteiger partial charge on any atom is -0.309 e. The molecule has 19 heavy (non-hydrogen) atoms. The summed E-state index contributed by atoms with van der Waals surface area (Å²) in [4.78, 5) is 0. The monoisotopic (exact) mass is 325 g/mol. The summed E-state index contributed by atoms with van der Waals surface area (Å²) < 4.78 is 28.1. The maximum atomic E-state index is 14.0. The van der Waals surface area contributed by atoms with Gasteiger partial charge in [-0.3, -0.25) is 0 Å². The largest absolute Gasteiger partial charge is 0.309 e. The zero-order valence-corrected chi connectivity index (χ0v) is 12.3. The van der Waals surface area contributed by atoms with Crippen LogP contribution in [0.15, 0.2) is 40.9 Å². The Bertz CT molecular complexity index is 578. The summed E-state index contributed by atoms with van der Waals surface area (Å²) >= 11 is 3.36. The Kier molecular flexibility index (Phi) is 4.32. The highest BCUT2D eigenvalue weighted by Crippen LogP contribution is 2.32. The van der Waals surface area contributed by atoms with Crippen LogP contribution in [0.2, 0.25) is 0 Å². The number of aryl methyl sites for hydroxylation is 1. The third kappa shape index (κ3) is 2.85. The first-order valence-electron chi connectivity index (χ1n) is 5.92. The second kappa shape index (κ2) is 5.80. The van der Waals surface area contributed by atoms with Crippen molar-refractivity contribution in [1.29, 1.82) is 0 Å². The van der Waals surface area contributed by atoms with Gasteiger partial charge >= 0.3 is 0 Å². The molecule has 1 atom stereocenters. The molecule has 0 spiro atoms. The van der Waals surface area contributed by atoms with Crippen molar-refractivity contribution in [2.24, 2.45) is 0 Å². The molecule has 0 saturated carbocycles. The highest BCUT2D eigenvalue weighted by Gasteiger charge is 2.21. The third-order valence-corrected chi connectivity index (χ3v) is 3.82. The van der Waals surface area contributed by atoms with Gasteiger partial charge in [0.2, 0.25) is 0 Å². The fourth-order valence-corrected chi connectivity index (χ4v) is 2.74. The van der Waals surface area contributed by atoms with Crippen molar-refractivity contribution >= 4 is 15.9 Å². The molecule has 0 aromatic heterocycles. The molecule has 0 amide bonds. The van der Waals surface area contributed by atoms with Crippen LogP contribution in [-0.4, -0.2) is 7.05 Å². The first-order valence-corrected chi connectivity index (χ1v) is 6.71. The minimum absolute atomic E-state index is 0.322. The predicted molar refractivity (Wildman–Crippen MR) is 76.1 cm³/mol. The normalized spacial score (nSPS) is 12.5. The molecule has 1 N–H and O–H groups in total. The van der Waals surface area contributed by atoms with Gasteiger partial charge in [0.25, 0.3) is 0 Å². The molecule has 100 valence electrons. The Morgan fingerprint density at radius 3 is 2.53 bits per heavy atom. The molecule has 0 aliphatic rings. The molecule has 0 aliphatic carbocycles. The van der Waals surface area contributed by atoms with Gasteiger partial charge in [0.15, 0.2) is 0 Å². The minimum atomic E-state index is -0.397. The molecular weight excluding hydrogens is 312 g/mol. The lowest BCUT2D eigenvalue weighted by molar-refractivity contribution is 0.568. The van der Waals surface area contributed by atoms with Gasteiger partial charge in [0.1, 0.15) is 11.6 Å². The second-order valence-electron chi connectivity index (χ2n) is 4.36. The number of benzene rings is 2. The molecular formula is C15H14BrF2N. The van der Waals surface area contributed by atoms with E-state index in [2.05, 4.69) is 21.2 Å². The van der Waals surface area contributed by atoms with Crippen LogP contribution in [0.1, 0.15) is 22.7 Å². The summed E-state index contributed by atoms with van der Waals surface area (Å²) in [5.74, 6) is -0.648. The first kappa shape index (κ1) is 14.2. The van der Waals surface area contributed by atoms with E-state index in [4.69, 9.17) is 0 Å². The lowest BCUT2D eigenvalue weighted by atomic mass is 9.94. The Morgan fingerprint density at radius 1 is 1.16 bits per heavy atom. The van der Waals surface area contributed by atoms with Gasteiger partial charge in [-0.05, 0) is 49.4 Å². The number of hydrogen-bond donors (Lipinski definition) is 1. The van der Waals surface area contributed by atoms with Gasteiger partial charge in [-0.25, -0.2) is 8.78 Å². The van der Waals surface area contributed by atoms with Crippen molar-refractivity contribution < 1.29 is 8.78 Å². The van der Waals surface area contributed by atoms with Crippen molar-refractivity contribution in [3.8, 4) is 0 Å². The zero-order valence-electron chi connectivity index (χ0n) is 10.7.